The number of rotatable bonds is 5. The van der Waals surface area contributed by atoms with E-state index in [0.717, 1.165) is 52.0 Å². The van der Waals surface area contributed by atoms with Gasteiger partial charge in [-0.2, -0.15) is 0 Å². The molecule has 0 radical (unpaired) electrons. The third-order valence-electron chi connectivity index (χ3n) is 5.51. The molecular weight excluding hydrogens is 321 g/mol. The summed E-state index contributed by atoms with van der Waals surface area (Å²) < 4.78 is 18.6. The maximum Gasteiger partial charge on any atom is 0.220 e. The summed E-state index contributed by atoms with van der Waals surface area (Å²) in [5.41, 5.74) is 0.106. The fourth-order valence-electron chi connectivity index (χ4n) is 3.88. The van der Waals surface area contributed by atoms with Crippen molar-refractivity contribution in [1.82, 2.24) is 15.1 Å². The van der Waals surface area contributed by atoms with Crippen LogP contribution >= 0.6 is 0 Å². The standard InChI is InChI=1S/C19H28FN3O2/c1-22-12-13-23(15-19(22)8-7-18(24)21-10-9-19)11-2-14-25-17-5-3-16(20)4-6-17/h3-6H,2,7-15H2,1H3,(H,21,24)/t19-/m1/s1. The van der Waals surface area contributed by atoms with Gasteiger partial charge < -0.3 is 15.0 Å². The first-order valence-electron chi connectivity index (χ1n) is 9.16. The second-order valence-corrected chi connectivity index (χ2v) is 7.18. The number of ether oxygens (including phenoxy) is 1. The first-order valence-corrected chi connectivity index (χ1v) is 9.16. The molecule has 0 bridgehead atoms. The molecule has 2 aliphatic heterocycles. The average molecular weight is 349 g/mol. The number of carbonyl (C=O) groups excluding carboxylic acids is 1. The van der Waals surface area contributed by atoms with Crippen molar-refractivity contribution in [3.63, 3.8) is 0 Å². The lowest BCUT2D eigenvalue weighted by Gasteiger charge is -2.49. The highest BCUT2D eigenvalue weighted by molar-refractivity contribution is 5.76. The van der Waals surface area contributed by atoms with Crippen LogP contribution in [0.4, 0.5) is 4.39 Å². The predicted molar refractivity (Wildman–Crippen MR) is 95.2 cm³/mol. The molecule has 3 rings (SSSR count). The summed E-state index contributed by atoms with van der Waals surface area (Å²) in [4.78, 5) is 16.6. The zero-order valence-corrected chi connectivity index (χ0v) is 15.0. The molecule has 1 aromatic carbocycles. The summed E-state index contributed by atoms with van der Waals surface area (Å²) >= 11 is 0. The summed E-state index contributed by atoms with van der Waals surface area (Å²) in [6.45, 7) is 5.48. The molecule has 1 amide bonds. The molecule has 2 heterocycles. The Labute approximate surface area is 149 Å². The lowest BCUT2D eigenvalue weighted by atomic mass is 9.86. The molecule has 138 valence electrons. The van der Waals surface area contributed by atoms with Crippen LogP contribution in [0, 0.1) is 5.82 Å². The van der Waals surface area contributed by atoms with E-state index in [1.54, 1.807) is 12.1 Å². The van der Waals surface area contributed by atoms with E-state index in [0.29, 0.717) is 18.8 Å². The summed E-state index contributed by atoms with van der Waals surface area (Å²) in [6, 6.07) is 6.16. The molecule has 5 nitrogen and oxygen atoms in total. The maximum atomic E-state index is 12.9. The van der Waals surface area contributed by atoms with Gasteiger partial charge in [0.05, 0.1) is 6.61 Å². The van der Waals surface area contributed by atoms with Crippen molar-refractivity contribution < 1.29 is 13.9 Å². The quantitative estimate of drug-likeness (QED) is 0.825. The molecule has 0 unspecified atom stereocenters. The van der Waals surface area contributed by atoms with Crippen LogP contribution in [-0.4, -0.2) is 67.6 Å². The molecule has 0 aromatic heterocycles. The summed E-state index contributed by atoms with van der Waals surface area (Å²) in [5, 5.41) is 3.00. The molecule has 6 heteroatoms. The number of likely N-dealkylation sites (N-methyl/N-ethyl adjacent to an activating group) is 1. The highest BCUT2D eigenvalue weighted by Crippen LogP contribution is 2.30. The summed E-state index contributed by atoms with van der Waals surface area (Å²) in [5.74, 6) is 0.645. The number of benzene rings is 1. The number of amides is 1. The molecule has 1 atom stereocenters. The van der Waals surface area contributed by atoms with Gasteiger partial charge in [0.25, 0.3) is 0 Å². The van der Waals surface area contributed by atoms with E-state index < -0.39 is 0 Å². The third-order valence-corrected chi connectivity index (χ3v) is 5.51. The van der Waals surface area contributed by atoms with Crippen LogP contribution in [0.15, 0.2) is 24.3 Å². The molecule has 2 aliphatic rings. The molecule has 1 aromatic rings. The molecular formula is C19H28FN3O2. The Morgan fingerprint density at radius 2 is 2.04 bits per heavy atom. The van der Waals surface area contributed by atoms with Crippen LogP contribution in [0.25, 0.3) is 0 Å². The van der Waals surface area contributed by atoms with Gasteiger partial charge in [-0.25, -0.2) is 4.39 Å². The van der Waals surface area contributed by atoms with E-state index in [1.165, 1.54) is 12.1 Å². The number of hydrogen-bond acceptors (Lipinski definition) is 4. The van der Waals surface area contributed by atoms with Crippen molar-refractivity contribution in [1.29, 1.82) is 0 Å². The van der Waals surface area contributed by atoms with Crippen molar-refractivity contribution in [3.8, 4) is 5.75 Å². The normalized spacial score (nSPS) is 25.6. The zero-order valence-electron chi connectivity index (χ0n) is 15.0. The monoisotopic (exact) mass is 349 g/mol. The van der Waals surface area contributed by atoms with Crippen molar-refractivity contribution in [2.75, 3.05) is 46.4 Å². The third kappa shape index (κ3) is 4.70. The Balaban J connectivity index is 1.46. The van der Waals surface area contributed by atoms with Crippen LogP contribution in [-0.2, 0) is 4.79 Å². The van der Waals surface area contributed by atoms with E-state index in [9.17, 15) is 9.18 Å². The SMILES string of the molecule is CN1CCN(CCCOc2ccc(F)cc2)C[C@@]12CCNC(=O)CC2. The van der Waals surface area contributed by atoms with Crippen molar-refractivity contribution >= 4 is 5.91 Å². The number of piperazine rings is 1. The molecule has 2 saturated heterocycles. The van der Waals surface area contributed by atoms with E-state index in [-0.39, 0.29) is 17.3 Å². The van der Waals surface area contributed by atoms with Gasteiger partial charge in [-0.15, -0.1) is 0 Å². The van der Waals surface area contributed by atoms with Gasteiger partial charge >= 0.3 is 0 Å². The second kappa shape index (κ2) is 8.15. The molecule has 0 saturated carbocycles. The highest BCUT2D eigenvalue weighted by atomic mass is 19.1. The Bertz CT molecular complexity index is 581. The first kappa shape index (κ1) is 18.1. The van der Waals surface area contributed by atoms with Gasteiger partial charge in [-0.1, -0.05) is 0 Å². The Morgan fingerprint density at radius 1 is 1.24 bits per heavy atom. The Morgan fingerprint density at radius 3 is 2.84 bits per heavy atom. The van der Waals surface area contributed by atoms with Gasteiger partial charge in [0, 0.05) is 44.7 Å². The van der Waals surface area contributed by atoms with Crippen molar-refractivity contribution in [2.45, 2.75) is 31.2 Å². The van der Waals surface area contributed by atoms with E-state index in [2.05, 4.69) is 22.2 Å². The number of halogens is 1. The number of hydrogen-bond donors (Lipinski definition) is 1. The minimum atomic E-state index is -0.244. The van der Waals surface area contributed by atoms with Gasteiger partial charge in [0.2, 0.25) is 5.91 Å². The predicted octanol–water partition coefficient (Wildman–Crippen LogP) is 1.88. The molecule has 1 spiro atoms. The number of nitrogens with one attached hydrogen (secondary N) is 1. The topological polar surface area (TPSA) is 44.8 Å². The fraction of sp³-hybridized carbons (Fsp3) is 0.632. The Hall–Kier alpha value is -1.66. The van der Waals surface area contributed by atoms with E-state index in [4.69, 9.17) is 4.74 Å². The van der Waals surface area contributed by atoms with Gasteiger partial charge in [-0.05, 0) is 50.6 Å². The summed E-state index contributed by atoms with van der Waals surface area (Å²) in [7, 11) is 2.19. The minimum absolute atomic E-state index is 0.106. The molecule has 0 aliphatic carbocycles. The molecule has 1 N–H and O–H groups in total. The minimum Gasteiger partial charge on any atom is -0.494 e. The molecule has 2 fully saturated rings. The van der Waals surface area contributed by atoms with Gasteiger partial charge in [0.1, 0.15) is 11.6 Å². The van der Waals surface area contributed by atoms with E-state index in [1.807, 2.05) is 0 Å². The van der Waals surface area contributed by atoms with Crippen LogP contribution in [0.2, 0.25) is 0 Å². The maximum absolute atomic E-state index is 12.9. The average Bonchev–Trinajstić information content (AvgIpc) is 2.79. The lowest BCUT2D eigenvalue weighted by Crippen LogP contribution is -2.61. The number of carbonyl (C=O) groups is 1. The van der Waals surface area contributed by atoms with Crippen molar-refractivity contribution in [3.05, 3.63) is 30.1 Å². The fourth-order valence-corrected chi connectivity index (χ4v) is 3.88. The smallest absolute Gasteiger partial charge is 0.220 e. The van der Waals surface area contributed by atoms with Gasteiger partial charge in [-0.3, -0.25) is 9.69 Å². The number of nitrogens with zero attached hydrogens (tertiary/aromatic N) is 2. The van der Waals surface area contributed by atoms with Crippen LogP contribution in [0.1, 0.15) is 25.7 Å². The van der Waals surface area contributed by atoms with Gasteiger partial charge in [0.15, 0.2) is 0 Å². The first-order chi connectivity index (χ1) is 12.1. The zero-order chi connectivity index (χ0) is 17.7. The van der Waals surface area contributed by atoms with Crippen molar-refractivity contribution in [2.24, 2.45) is 0 Å². The van der Waals surface area contributed by atoms with Crippen LogP contribution in [0.3, 0.4) is 0 Å². The largest absolute Gasteiger partial charge is 0.494 e. The van der Waals surface area contributed by atoms with Crippen LogP contribution in [0.5, 0.6) is 5.75 Å². The molecule has 25 heavy (non-hydrogen) atoms. The summed E-state index contributed by atoms with van der Waals surface area (Å²) in [6.07, 6.45) is 3.50. The lowest BCUT2D eigenvalue weighted by molar-refractivity contribution is -0.121. The highest BCUT2D eigenvalue weighted by Gasteiger charge is 2.40. The van der Waals surface area contributed by atoms with Crippen LogP contribution < -0.4 is 10.1 Å². The van der Waals surface area contributed by atoms with E-state index >= 15 is 0 Å². The Kier molecular flexibility index (Phi) is 5.91. The second-order valence-electron chi connectivity index (χ2n) is 7.18.